The molecular weight excluding hydrogens is 278 g/mol. The van der Waals surface area contributed by atoms with Crippen molar-refractivity contribution in [3.05, 3.63) is 34.9 Å². The Kier molecular flexibility index (Phi) is 6.31. The molecule has 1 aromatic carbocycles. The van der Waals surface area contributed by atoms with Gasteiger partial charge < -0.3 is 15.8 Å². The molecule has 1 amide bonds. The number of halogens is 1. The lowest BCUT2D eigenvalue weighted by molar-refractivity contribution is -0.132. The van der Waals surface area contributed by atoms with E-state index in [0.29, 0.717) is 18.0 Å². The Labute approximate surface area is 124 Å². The van der Waals surface area contributed by atoms with Gasteiger partial charge in [0, 0.05) is 18.6 Å². The van der Waals surface area contributed by atoms with Crippen LogP contribution in [-0.2, 0) is 11.3 Å². The Morgan fingerprint density at radius 3 is 2.80 bits per heavy atom. The third-order valence-electron chi connectivity index (χ3n) is 3.03. The summed E-state index contributed by atoms with van der Waals surface area (Å²) >= 11 is 5.92. The van der Waals surface area contributed by atoms with E-state index in [-0.39, 0.29) is 11.7 Å². The van der Waals surface area contributed by atoms with Crippen LogP contribution in [0.15, 0.2) is 29.4 Å². The van der Waals surface area contributed by atoms with Crippen LogP contribution < -0.4 is 5.73 Å². The summed E-state index contributed by atoms with van der Waals surface area (Å²) < 4.78 is 0. The number of rotatable bonds is 6. The number of carbonyl (C=O) groups excluding carboxylic acids is 1. The van der Waals surface area contributed by atoms with Gasteiger partial charge in [-0.05, 0) is 24.1 Å². The van der Waals surface area contributed by atoms with E-state index >= 15 is 0 Å². The van der Waals surface area contributed by atoms with Gasteiger partial charge in [-0.25, -0.2) is 0 Å². The molecule has 1 aromatic rings. The Bertz CT molecular complexity index is 491. The predicted molar refractivity (Wildman–Crippen MR) is 79.7 cm³/mol. The summed E-state index contributed by atoms with van der Waals surface area (Å²) in [5.41, 5.74) is 6.52. The summed E-state index contributed by atoms with van der Waals surface area (Å²) in [4.78, 5) is 13.9. The summed E-state index contributed by atoms with van der Waals surface area (Å²) in [7, 11) is 1.69. The Balaban J connectivity index is 2.79. The average molecular weight is 298 g/mol. The van der Waals surface area contributed by atoms with Crippen molar-refractivity contribution in [3.8, 4) is 0 Å². The second kappa shape index (κ2) is 7.75. The largest absolute Gasteiger partial charge is 0.409 e. The van der Waals surface area contributed by atoms with Crippen molar-refractivity contribution in [1.82, 2.24) is 4.90 Å². The summed E-state index contributed by atoms with van der Waals surface area (Å²) in [6, 6.07) is 7.32. The monoisotopic (exact) mass is 297 g/mol. The molecule has 0 radical (unpaired) electrons. The number of amides is 1. The van der Waals surface area contributed by atoms with Crippen LogP contribution in [0.5, 0.6) is 0 Å². The van der Waals surface area contributed by atoms with Crippen molar-refractivity contribution in [3.63, 3.8) is 0 Å². The second-order valence-corrected chi connectivity index (χ2v) is 5.13. The van der Waals surface area contributed by atoms with Crippen molar-refractivity contribution in [2.45, 2.75) is 26.3 Å². The van der Waals surface area contributed by atoms with Gasteiger partial charge in [-0.15, -0.1) is 0 Å². The SMILES string of the molecule is CCCC(C(=O)N(C)Cc1cccc(Cl)c1)C(N)=NO. The molecule has 0 aliphatic carbocycles. The van der Waals surface area contributed by atoms with Gasteiger partial charge in [0.25, 0.3) is 0 Å². The van der Waals surface area contributed by atoms with Crippen LogP contribution in [0.25, 0.3) is 0 Å². The van der Waals surface area contributed by atoms with Gasteiger partial charge in [0.05, 0.1) is 5.92 Å². The van der Waals surface area contributed by atoms with E-state index in [1.807, 2.05) is 25.1 Å². The van der Waals surface area contributed by atoms with Gasteiger partial charge in [0.1, 0.15) is 0 Å². The molecule has 0 aliphatic rings. The van der Waals surface area contributed by atoms with E-state index in [0.717, 1.165) is 12.0 Å². The van der Waals surface area contributed by atoms with Crippen molar-refractivity contribution in [2.24, 2.45) is 16.8 Å². The van der Waals surface area contributed by atoms with Gasteiger partial charge in [-0.3, -0.25) is 4.79 Å². The maximum Gasteiger partial charge on any atom is 0.233 e. The van der Waals surface area contributed by atoms with Crippen LogP contribution in [0.1, 0.15) is 25.3 Å². The molecule has 0 saturated heterocycles. The highest BCUT2D eigenvalue weighted by Crippen LogP contribution is 2.15. The molecule has 6 heteroatoms. The molecule has 1 atom stereocenters. The smallest absolute Gasteiger partial charge is 0.233 e. The lowest BCUT2D eigenvalue weighted by Crippen LogP contribution is -2.39. The quantitative estimate of drug-likeness (QED) is 0.366. The third-order valence-corrected chi connectivity index (χ3v) is 3.27. The van der Waals surface area contributed by atoms with Crippen LogP contribution in [0, 0.1) is 5.92 Å². The molecule has 5 nitrogen and oxygen atoms in total. The van der Waals surface area contributed by atoms with E-state index in [2.05, 4.69) is 5.16 Å². The molecule has 0 heterocycles. The minimum atomic E-state index is -0.589. The fourth-order valence-electron chi connectivity index (χ4n) is 2.01. The van der Waals surface area contributed by atoms with Crippen molar-refractivity contribution >= 4 is 23.3 Å². The van der Waals surface area contributed by atoms with Gasteiger partial charge in [-0.2, -0.15) is 0 Å². The number of nitrogens with zero attached hydrogens (tertiary/aromatic N) is 2. The zero-order valence-corrected chi connectivity index (χ0v) is 12.5. The highest BCUT2D eigenvalue weighted by Gasteiger charge is 2.25. The molecule has 0 aliphatic heterocycles. The van der Waals surface area contributed by atoms with Crippen LogP contribution in [0.2, 0.25) is 5.02 Å². The molecular formula is C14H20ClN3O2. The average Bonchev–Trinajstić information content (AvgIpc) is 2.43. The molecule has 0 bridgehead atoms. The molecule has 20 heavy (non-hydrogen) atoms. The molecule has 0 aromatic heterocycles. The Hall–Kier alpha value is -1.75. The fraction of sp³-hybridized carbons (Fsp3) is 0.429. The summed E-state index contributed by atoms with van der Waals surface area (Å²) in [5, 5.41) is 12.4. The zero-order valence-electron chi connectivity index (χ0n) is 11.7. The highest BCUT2D eigenvalue weighted by molar-refractivity contribution is 6.30. The van der Waals surface area contributed by atoms with Crippen molar-refractivity contribution in [2.75, 3.05) is 7.05 Å². The number of hydrogen-bond acceptors (Lipinski definition) is 3. The van der Waals surface area contributed by atoms with Crippen molar-refractivity contribution < 1.29 is 10.0 Å². The number of oxime groups is 1. The Morgan fingerprint density at radius 1 is 1.55 bits per heavy atom. The number of benzene rings is 1. The van der Waals surface area contributed by atoms with Crippen LogP contribution >= 0.6 is 11.6 Å². The Morgan fingerprint density at radius 2 is 2.25 bits per heavy atom. The first kappa shape index (κ1) is 16.3. The minimum Gasteiger partial charge on any atom is -0.409 e. The van der Waals surface area contributed by atoms with Gasteiger partial charge in [-0.1, -0.05) is 42.2 Å². The first-order chi connectivity index (χ1) is 9.49. The second-order valence-electron chi connectivity index (χ2n) is 4.69. The number of carbonyl (C=O) groups is 1. The maximum atomic E-state index is 12.3. The highest BCUT2D eigenvalue weighted by atomic mass is 35.5. The first-order valence-electron chi connectivity index (χ1n) is 6.46. The molecule has 0 spiro atoms. The third kappa shape index (κ3) is 4.42. The summed E-state index contributed by atoms with van der Waals surface area (Å²) in [5.74, 6) is -0.800. The normalized spacial score (nSPS) is 13.1. The standard InChI is InChI=1S/C14H20ClN3O2/c1-3-5-12(13(16)17-20)14(19)18(2)9-10-6-4-7-11(15)8-10/h4,6-8,12,20H,3,5,9H2,1-2H3,(H2,16,17). The van der Waals surface area contributed by atoms with Crippen molar-refractivity contribution in [1.29, 1.82) is 0 Å². The summed E-state index contributed by atoms with van der Waals surface area (Å²) in [6.45, 7) is 2.38. The van der Waals surface area contributed by atoms with E-state index in [9.17, 15) is 4.79 Å². The van der Waals surface area contributed by atoms with Crippen LogP contribution in [0.4, 0.5) is 0 Å². The molecule has 1 unspecified atom stereocenters. The van der Waals surface area contributed by atoms with Crippen LogP contribution in [-0.4, -0.2) is 28.9 Å². The van der Waals surface area contributed by atoms with Gasteiger partial charge in [0.15, 0.2) is 5.84 Å². The van der Waals surface area contributed by atoms with Gasteiger partial charge >= 0.3 is 0 Å². The van der Waals surface area contributed by atoms with E-state index in [1.165, 1.54) is 0 Å². The van der Waals surface area contributed by atoms with Gasteiger partial charge in [0.2, 0.25) is 5.91 Å². The predicted octanol–water partition coefficient (Wildman–Crippen LogP) is 2.46. The molecule has 0 fully saturated rings. The lowest BCUT2D eigenvalue weighted by atomic mass is 10.0. The number of nitrogens with two attached hydrogens (primary N) is 1. The topological polar surface area (TPSA) is 78.9 Å². The fourth-order valence-corrected chi connectivity index (χ4v) is 2.22. The molecule has 110 valence electrons. The zero-order chi connectivity index (χ0) is 15.1. The maximum absolute atomic E-state index is 12.3. The van der Waals surface area contributed by atoms with E-state index in [4.69, 9.17) is 22.5 Å². The number of amidine groups is 1. The minimum absolute atomic E-state index is 0.0465. The van der Waals surface area contributed by atoms with E-state index in [1.54, 1.807) is 18.0 Å². The lowest BCUT2D eigenvalue weighted by Gasteiger charge is -2.23. The summed E-state index contributed by atoms with van der Waals surface area (Å²) in [6.07, 6.45) is 1.33. The molecule has 3 N–H and O–H groups in total. The molecule has 0 saturated carbocycles. The van der Waals surface area contributed by atoms with Crippen LogP contribution in [0.3, 0.4) is 0 Å². The first-order valence-corrected chi connectivity index (χ1v) is 6.84. The number of hydrogen-bond donors (Lipinski definition) is 2. The van der Waals surface area contributed by atoms with E-state index < -0.39 is 5.92 Å². The molecule has 1 rings (SSSR count).